The molecule has 1 atom stereocenters. The Morgan fingerprint density at radius 2 is 2.40 bits per heavy atom. The van der Waals surface area contributed by atoms with Crippen LogP contribution in [0.4, 0.5) is 5.69 Å². The molecule has 0 aliphatic carbocycles. The normalized spacial score (nSPS) is 17.5. The highest BCUT2D eigenvalue weighted by molar-refractivity contribution is 5.98. The highest BCUT2D eigenvalue weighted by Crippen LogP contribution is 2.15. The van der Waals surface area contributed by atoms with E-state index in [1.807, 2.05) is 13.0 Å². The third kappa shape index (κ3) is 3.45. The van der Waals surface area contributed by atoms with Crippen LogP contribution in [0.25, 0.3) is 0 Å². The Labute approximate surface area is 117 Å². The topological polar surface area (TPSA) is 98.8 Å². The van der Waals surface area contributed by atoms with Crippen LogP contribution in [-0.2, 0) is 14.4 Å². The van der Waals surface area contributed by atoms with Crippen molar-refractivity contribution >= 4 is 17.5 Å². The lowest BCUT2D eigenvalue weighted by atomic mass is 10.2. The van der Waals surface area contributed by atoms with Crippen molar-refractivity contribution in [3.8, 4) is 0 Å². The number of hydrogen-bond acceptors (Lipinski definition) is 7. The number of rotatable bonds is 5. The van der Waals surface area contributed by atoms with Gasteiger partial charge in [-0.2, -0.15) is 0 Å². The summed E-state index contributed by atoms with van der Waals surface area (Å²) in [5.41, 5.74) is 10.6. The minimum atomic E-state index is -0.409. The first-order chi connectivity index (χ1) is 9.60. The maximum absolute atomic E-state index is 11.3. The number of nitrogens with zero attached hydrogens (tertiary/aromatic N) is 2. The predicted molar refractivity (Wildman–Crippen MR) is 73.8 cm³/mol. The Morgan fingerprint density at radius 3 is 3.10 bits per heavy atom. The molecular weight excluding hydrogens is 260 g/mol. The van der Waals surface area contributed by atoms with E-state index in [0.29, 0.717) is 30.2 Å². The third-order valence-electron chi connectivity index (χ3n) is 2.79. The van der Waals surface area contributed by atoms with Crippen LogP contribution in [0.3, 0.4) is 0 Å². The zero-order valence-corrected chi connectivity index (χ0v) is 11.5. The van der Waals surface area contributed by atoms with Gasteiger partial charge in [0, 0.05) is 12.8 Å². The molecule has 1 unspecified atom stereocenters. The van der Waals surface area contributed by atoms with Gasteiger partial charge in [-0.05, 0) is 25.5 Å². The zero-order chi connectivity index (χ0) is 14.5. The summed E-state index contributed by atoms with van der Waals surface area (Å²) in [5, 5.41) is 0. The van der Waals surface area contributed by atoms with Crippen molar-refractivity contribution in [3.63, 3.8) is 0 Å². The molecule has 0 amide bonds. The molecule has 2 heterocycles. The van der Waals surface area contributed by atoms with Crippen molar-refractivity contribution in [2.75, 3.05) is 12.3 Å². The van der Waals surface area contributed by atoms with Crippen LogP contribution >= 0.6 is 0 Å². The first-order valence-corrected chi connectivity index (χ1v) is 6.47. The summed E-state index contributed by atoms with van der Waals surface area (Å²) in [4.78, 5) is 25.2. The molecule has 1 aliphatic rings. The van der Waals surface area contributed by atoms with Gasteiger partial charge >= 0.3 is 5.97 Å². The van der Waals surface area contributed by atoms with E-state index < -0.39 is 6.23 Å². The summed E-state index contributed by atoms with van der Waals surface area (Å²) in [6.45, 7) is 4.05. The molecule has 0 bridgehead atoms. The monoisotopic (exact) mass is 278 g/mol. The van der Waals surface area contributed by atoms with E-state index >= 15 is 0 Å². The number of nitrogens with one attached hydrogen (secondary N) is 1. The molecule has 20 heavy (non-hydrogen) atoms. The van der Waals surface area contributed by atoms with Gasteiger partial charge in [0.2, 0.25) is 0 Å². The predicted octanol–water partition coefficient (Wildman–Crippen LogP) is 0.923. The highest BCUT2D eigenvalue weighted by Gasteiger charge is 2.22. The second kappa shape index (κ2) is 6.33. The van der Waals surface area contributed by atoms with Crippen molar-refractivity contribution in [3.05, 3.63) is 23.5 Å². The number of anilines is 1. The number of amidine groups is 1. The van der Waals surface area contributed by atoms with E-state index in [0.717, 1.165) is 5.56 Å². The molecule has 1 aromatic heterocycles. The smallest absolute Gasteiger partial charge is 0.305 e. The standard InChI is InChI=1S/C13H18N4O3/c1-3-19-11(18)5-4-10-16-13(17-20-10)12-8(2)6-9(14)7-15-12/h6-7,10H,3-5,14H2,1-2H3,(H,16,17). The number of nitrogens with two attached hydrogens (primary N) is 1. The fourth-order valence-electron chi connectivity index (χ4n) is 1.87. The van der Waals surface area contributed by atoms with Gasteiger partial charge in [-0.25, -0.2) is 15.3 Å². The lowest BCUT2D eigenvalue weighted by molar-refractivity contribution is -0.144. The summed E-state index contributed by atoms with van der Waals surface area (Å²) in [5.74, 6) is 0.304. The number of nitrogen functional groups attached to an aromatic ring is 1. The van der Waals surface area contributed by atoms with Crippen LogP contribution < -0.4 is 11.2 Å². The molecule has 0 radical (unpaired) electrons. The molecule has 0 saturated heterocycles. The van der Waals surface area contributed by atoms with Crippen molar-refractivity contribution < 1.29 is 14.4 Å². The summed E-state index contributed by atoms with van der Waals surface area (Å²) in [6.07, 6.45) is 1.89. The number of hydrogen-bond donors (Lipinski definition) is 2. The molecule has 0 saturated carbocycles. The molecule has 108 valence electrons. The number of carbonyl (C=O) groups excluding carboxylic acids is 1. The van der Waals surface area contributed by atoms with Crippen molar-refractivity contribution in [2.24, 2.45) is 4.99 Å². The first-order valence-electron chi connectivity index (χ1n) is 6.47. The van der Waals surface area contributed by atoms with Gasteiger partial charge in [-0.3, -0.25) is 9.78 Å². The van der Waals surface area contributed by atoms with Gasteiger partial charge < -0.3 is 10.5 Å². The second-order valence-corrected chi connectivity index (χ2v) is 4.43. The Hall–Kier alpha value is -2.15. The van der Waals surface area contributed by atoms with Crippen molar-refractivity contribution in [1.82, 2.24) is 10.5 Å². The fraction of sp³-hybridized carbons (Fsp3) is 0.462. The van der Waals surface area contributed by atoms with Gasteiger partial charge in [-0.1, -0.05) is 0 Å². The molecule has 0 spiro atoms. The van der Waals surface area contributed by atoms with Crippen LogP contribution in [0.1, 0.15) is 31.0 Å². The first kappa shape index (κ1) is 14.3. The molecule has 0 aromatic carbocycles. The third-order valence-corrected chi connectivity index (χ3v) is 2.79. The number of carbonyl (C=O) groups is 1. The van der Waals surface area contributed by atoms with E-state index in [4.69, 9.17) is 15.3 Å². The average molecular weight is 278 g/mol. The molecule has 1 aromatic rings. The SMILES string of the molecule is CCOC(=O)CCC1N=C(c2ncc(N)cc2C)NO1. The Kier molecular flexibility index (Phi) is 4.52. The van der Waals surface area contributed by atoms with E-state index in [9.17, 15) is 4.79 Å². The van der Waals surface area contributed by atoms with E-state index in [1.165, 1.54) is 0 Å². The lowest BCUT2D eigenvalue weighted by Crippen LogP contribution is -2.21. The number of aryl methyl sites for hydroxylation is 1. The van der Waals surface area contributed by atoms with Crippen LogP contribution in [0.5, 0.6) is 0 Å². The summed E-state index contributed by atoms with van der Waals surface area (Å²) in [6, 6.07) is 1.82. The quantitative estimate of drug-likeness (QED) is 0.777. The van der Waals surface area contributed by atoms with Gasteiger partial charge in [0.05, 0.1) is 18.5 Å². The minimum Gasteiger partial charge on any atom is -0.466 e. The number of esters is 1. The van der Waals surface area contributed by atoms with Crippen LogP contribution in [0.2, 0.25) is 0 Å². The van der Waals surface area contributed by atoms with E-state index in [2.05, 4.69) is 15.5 Å². The Morgan fingerprint density at radius 1 is 1.60 bits per heavy atom. The summed E-state index contributed by atoms with van der Waals surface area (Å²) in [7, 11) is 0. The van der Waals surface area contributed by atoms with Crippen LogP contribution in [0.15, 0.2) is 17.3 Å². The highest BCUT2D eigenvalue weighted by atomic mass is 16.7. The van der Waals surface area contributed by atoms with Crippen LogP contribution in [-0.4, -0.2) is 29.6 Å². The Bertz CT molecular complexity index is 530. The molecule has 7 heteroatoms. The van der Waals surface area contributed by atoms with Crippen molar-refractivity contribution in [2.45, 2.75) is 32.9 Å². The zero-order valence-electron chi connectivity index (χ0n) is 11.5. The second-order valence-electron chi connectivity index (χ2n) is 4.43. The van der Waals surface area contributed by atoms with Gasteiger partial charge in [-0.15, -0.1) is 0 Å². The summed E-state index contributed by atoms with van der Waals surface area (Å²) >= 11 is 0. The lowest BCUT2D eigenvalue weighted by Gasteiger charge is -2.05. The van der Waals surface area contributed by atoms with E-state index in [1.54, 1.807) is 13.1 Å². The maximum atomic E-state index is 11.3. The fourth-order valence-corrected chi connectivity index (χ4v) is 1.87. The van der Waals surface area contributed by atoms with Crippen molar-refractivity contribution in [1.29, 1.82) is 0 Å². The maximum Gasteiger partial charge on any atom is 0.305 e. The van der Waals surface area contributed by atoms with Gasteiger partial charge in [0.15, 0.2) is 12.1 Å². The number of ether oxygens (including phenoxy) is 1. The molecule has 1 aliphatic heterocycles. The molecule has 0 fully saturated rings. The van der Waals surface area contributed by atoms with Crippen LogP contribution in [0, 0.1) is 6.92 Å². The Balaban J connectivity index is 1.98. The van der Waals surface area contributed by atoms with E-state index in [-0.39, 0.29) is 12.4 Å². The van der Waals surface area contributed by atoms with Gasteiger partial charge in [0.25, 0.3) is 0 Å². The molecule has 7 nitrogen and oxygen atoms in total. The summed E-state index contributed by atoms with van der Waals surface area (Å²) < 4.78 is 4.86. The molecule has 2 rings (SSSR count). The number of hydroxylamine groups is 1. The minimum absolute atomic E-state index is 0.249. The largest absolute Gasteiger partial charge is 0.466 e. The number of pyridine rings is 1. The molecule has 3 N–H and O–H groups in total. The van der Waals surface area contributed by atoms with Gasteiger partial charge in [0.1, 0.15) is 5.69 Å². The molecular formula is C13H18N4O3. The average Bonchev–Trinajstić information content (AvgIpc) is 2.85. The number of aromatic nitrogens is 1. The number of aliphatic imine (C=N–C) groups is 1.